The van der Waals surface area contributed by atoms with Crippen LogP contribution in [-0.4, -0.2) is 20.8 Å². The van der Waals surface area contributed by atoms with Crippen LogP contribution in [0.25, 0.3) is 0 Å². The van der Waals surface area contributed by atoms with Crippen LogP contribution in [0.1, 0.15) is 19.4 Å². The molecule has 2 N–H and O–H groups in total. The summed E-state index contributed by atoms with van der Waals surface area (Å²) < 4.78 is 37.5. The molecule has 20 heavy (non-hydrogen) atoms. The Hall–Kier alpha value is -1.57. The summed E-state index contributed by atoms with van der Waals surface area (Å²) in [6, 6.07) is 9.63. The van der Waals surface area contributed by atoms with E-state index < -0.39 is 16.1 Å². The van der Waals surface area contributed by atoms with E-state index in [1.165, 1.54) is 0 Å². The molecule has 0 aliphatic carbocycles. The molecule has 0 aromatic heterocycles. The summed E-state index contributed by atoms with van der Waals surface area (Å²) in [4.78, 5) is 0. The quantitative estimate of drug-likeness (QED) is 0.889. The van der Waals surface area contributed by atoms with Gasteiger partial charge >= 0.3 is 10.3 Å². The molecule has 1 aliphatic heterocycles. The van der Waals surface area contributed by atoms with Crippen LogP contribution in [0, 0.1) is 0 Å². The molecule has 0 radical (unpaired) electrons. The summed E-state index contributed by atoms with van der Waals surface area (Å²) in [5, 5.41) is 4.81. The molecule has 2 rings (SSSR count). The van der Waals surface area contributed by atoms with Gasteiger partial charge in [-0.15, -0.1) is 0 Å². The van der Waals surface area contributed by atoms with Gasteiger partial charge in [-0.3, -0.25) is 0 Å². The highest BCUT2D eigenvalue weighted by molar-refractivity contribution is 7.84. The first-order valence-electron chi connectivity index (χ1n) is 6.06. The Balaban J connectivity index is 2.15. The predicted molar refractivity (Wildman–Crippen MR) is 72.5 cm³/mol. The van der Waals surface area contributed by atoms with Crippen molar-refractivity contribution in [2.75, 3.05) is 6.61 Å². The van der Waals surface area contributed by atoms with Crippen molar-refractivity contribution in [1.82, 2.24) is 0 Å². The average Bonchev–Trinajstić information content (AvgIpc) is 2.62. The van der Waals surface area contributed by atoms with Gasteiger partial charge in [0.15, 0.2) is 5.76 Å². The van der Waals surface area contributed by atoms with Gasteiger partial charge < -0.3 is 9.47 Å². The van der Waals surface area contributed by atoms with Crippen molar-refractivity contribution in [1.29, 1.82) is 0 Å². The Labute approximate surface area is 118 Å². The van der Waals surface area contributed by atoms with Crippen LogP contribution < -0.4 is 5.14 Å². The fraction of sp³-hybridized carbons (Fsp3) is 0.385. The third-order valence-corrected chi connectivity index (χ3v) is 3.06. The maximum absolute atomic E-state index is 10.9. The monoisotopic (exact) mass is 299 g/mol. The zero-order valence-corrected chi connectivity index (χ0v) is 12.1. The van der Waals surface area contributed by atoms with Gasteiger partial charge in [0, 0.05) is 20.3 Å². The van der Waals surface area contributed by atoms with E-state index in [0.717, 1.165) is 5.56 Å². The number of rotatable bonds is 5. The van der Waals surface area contributed by atoms with Crippen molar-refractivity contribution in [2.45, 2.75) is 26.1 Å². The molecule has 0 spiro atoms. The Bertz CT molecular complexity index is 607. The first-order chi connectivity index (χ1) is 9.25. The molecule has 0 bridgehead atoms. The second-order valence-corrected chi connectivity index (χ2v) is 6.09. The second-order valence-electron chi connectivity index (χ2n) is 4.87. The number of hydrogen-bond acceptors (Lipinski definition) is 5. The highest BCUT2D eigenvalue weighted by Crippen LogP contribution is 2.32. The molecule has 0 unspecified atom stereocenters. The number of nitrogens with two attached hydrogens (primary N) is 1. The molecule has 0 atom stereocenters. The minimum atomic E-state index is -4.01. The van der Waals surface area contributed by atoms with Gasteiger partial charge in [-0.2, -0.15) is 8.42 Å². The summed E-state index contributed by atoms with van der Waals surface area (Å²) in [5.41, 5.74) is 1.02. The molecule has 110 valence electrons. The highest BCUT2D eigenvalue weighted by atomic mass is 32.2. The lowest BCUT2D eigenvalue weighted by Crippen LogP contribution is -2.22. The Morgan fingerprint density at radius 1 is 1.15 bits per heavy atom. The van der Waals surface area contributed by atoms with Gasteiger partial charge in [0.05, 0.1) is 0 Å². The van der Waals surface area contributed by atoms with Gasteiger partial charge in [0.2, 0.25) is 5.79 Å². The lowest BCUT2D eigenvalue weighted by Gasteiger charge is -2.18. The van der Waals surface area contributed by atoms with E-state index in [1.54, 1.807) is 13.8 Å². The lowest BCUT2D eigenvalue weighted by molar-refractivity contribution is -0.126. The zero-order chi connectivity index (χ0) is 14.8. The van der Waals surface area contributed by atoms with Crippen molar-refractivity contribution in [3.63, 3.8) is 0 Å². The molecule has 0 fully saturated rings. The lowest BCUT2D eigenvalue weighted by atomic mass is 10.1. The molecule has 1 aromatic rings. The Morgan fingerprint density at radius 3 is 2.35 bits per heavy atom. The third-order valence-electron chi connectivity index (χ3n) is 2.61. The van der Waals surface area contributed by atoms with Gasteiger partial charge in [-0.1, -0.05) is 30.3 Å². The fourth-order valence-corrected chi connectivity index (χ4v) is 2.16. The van der Waals surface area contributed by atoms with Crippen LogP contribution in [0.5, 0.6) is 0 Å². The van der Waals surface area contributed by atoms with Crippen molar-refractivity contribution in [2.24, 2.45) is 5.14 Å². The topological polar surface area (TPSA) is 87.9 Å². The summed E-state index contributed by atoms with van der Waals surface area (Å²) in [6.45, 7) is 3.20. The van der Waals surface area contributed by atoms with E-state index in [1.807, 2.05) is 30.3 Å². The maximum atomic E-state index is 10.9. The number of ether oxygens (including phenoxy) is 2. The maximum Gasteiger partial charge on any atom is 0.333 e. The Morgan fingerprint density at radius 2 is 1.75 bits per heavy atom. The number of hydrogen-bond donors (Lipinski definition) is 1. The summed E-state index contributed by atoms with van der Waals surface area (Å²) >= 11 is 0. The Kier molecular flexibility index (Phi) is 4.03. The van der Waals surface area contributed by atoms with E-state index in [2.05, 4.69) is 4.18 Å². The second kappa shape index (κ2) is 5.43. The van der Waals surface area contributed by atoms with Crippen LogP contribution >= 0.6 is 0 Å². The van der Waals surface area contributed by atoms with E-state index in [4.69, 9.17) is 14.6 Å². The van der Waals surface area contributed by atoms with Crippen LogP contribution in [0.4, 0.5) is 0 Å². The first-order valence-corrected chi connectivity index (χ1v) is 7.53. The van der Waals surface area contributed by atoms with E-state index in [9.17, 15) is 8.42 Å². The minimum absolute atomic E-state index is 0.273. The number of benzene rings is 1. The molecule has 0 saturated carbocycles. The molecule has 0 saturated heterocycles. The molecular formula is C13H17NO5S. The average molecular weight is 299 g/mol. The first kappa shape index (κ1) is 14.8. The standard InChI is InChI=1S/C13H17NO5S/c1-13(2)18-11(8-10-6-4-3-5-7-10)12(19-13)9-17-20(14,15)16/h3-7H,8-9H2,1-2H3,(H2,14,15,16). The normalized spacial score (nSPS) is 17.8. The third kappa shape index (κ3) is 4.22. The summed E-state index contributed by atoms with van der Waals surface area (Å²) in [6.07, 6.45) is 0.494. The van der Waals surface area contributed by atoms with Crippen molar-refractivity contribution >= 4 is 10.3 Å². The summed E-state index contributed by atoms with van der Waals surface area (Å²) in [5.74, 6) is 0.0407. The fourth-order valence-electron chi connectivity index (χ4n) is 1.89. The van der Waals surface area contributed by atoms with Crippen LogP contribution in [0.15, 0.2) is 41.9 Å². The van der Waals surface area contributed by atoms with Crippen molar-refractivity contribution in [3.8, 4) is 0 Å². The van der Waals surface area contributed by atoms with Gasteiger partial charge in [-0.05, 0) is 5.56 Å². The smallest absolute Gasteiger partial charge is 0.333 e. The van der Waals surface area contributed by atoms with Crippen LogP contribution in [0.2, 0.25) is 0 Å². The number of allylic oxidation sites excluding steroid dienone is 1. The molecular weight excluding hydrogens is 282 g/mol. The highest BCUT2D eigenvalue weighted by Gasteiger charge is 2.34. The molecule has 1 heterocycles. The molecule has 7 heteroatoms. The SMILES string of the molecule is CC1(C)OC(COS(N)(=O)=O)=C(Cc2ccccc2)O1. The molecule has 0 amide bonds. The van der Waals surface area contributed by atoms with Gasteiger partial charge in [-0.25, -0.2) is 9.32 Å². The summed E-state index contributed by atoms with van der Waals surface area (Å²) in [7, 11) is -4.01. The van der Waals surface area contributed by atoms with Crippen LogP contribution in [0.3, 0.4) is 0 Å². The van der Waals surface area contributed by atoms with Gasteiger partial charge in [0.25, 0.3) is 0 Å². The van der Waals surface area contributed by atoms with Gasteiger partial charge in [0.1, 0.15) is 12.4 Å². The van der Waals surface area contributed by atoms with Crippen molar-refractivity contribution in [3.05, 3.63) is 47.4 Å². The van der Waals surface area contributed by atoms with E-state index in [-0.39, 0.29) is 6.61 Å². The molecule has 1 aliphatic rings. The molecule has 6 nitrogen and oxygen atoms in total. The zero-order valence-electron chi connectivity index (χ0n) is 11.3. The minimum Gasteiger partial charge on any atom is -0.453 e. The van der Waals surface area contributed by atoms with Crippen LogP contribution in [-0.2, 0) is 30.4 Å². The van der Waals surface area contributed by atoms with E-state index >= 15 is 0 Å². The molecule has 1 aromatic carbocycles. The van der Waals surface area contributed by atoms with E-state index in [0.29, 0.717) is 17.9 Å². The van der Waals surface area contributed by atoms with Crippen molar-refractivity contribution < 1.29 is 22.1 Å². The predicted octanol–water partition coefficient (Wildman–Crippen LogP) is 1.44. The largest absolute Gasteiger partial charge is 0.453 e.